The van der Waals surface area contributed by atoms with E-state index in [9.17, 15) is 0 Å². The van der Waals surface area contributed by atoms with Gasteiger partial charge in [0, 0.05) is 28.3 Å². The van der Waals surface area contributed by atoms with Gasteiger partial charge in [0.05, 0.1) is 0 Å². The first-order valence-electron chi connectivity index (χ1n) is 7.21. The van der Waals surface area contributed by atoms with Crippen LogP contribution in [0.5, 0.6) is 0 Å². The highest BCUT2D eigenvalue weighted by Gasteiger charge is 2.14. The molecule has 1 heterocycles. The lowest BCUT2D eigenvalue weighted by Gasteiger charge is -2.18. The average molecular weight is 360 g/mol. The lowest BCUT2D eigenvalue weighted by molar-refractivity contribution is 1.00. The molecule has 7 heteroatoms. The molecule has 0 aliphatic rings. The van der Waals surface area contributed by atoms with E-state index in [4.69, 9.17) is 28.9 Å². The van der Waals surface area contributed by atoms with Gasteiger partial charge in [-0.05, 0) is 48.9 Å². The third-order valence-corrected chi connectivity index (χ3v) is 4.08. The molecule has 3 aromatic rings. The molecule has 0 saturated heterocycles. The van der Waals surface area contributed by atoms with Crippen LogP contribution in [0.2, 0.25) is 10.0 Å². The zero-order valence-corrected chi connectivity index (χ0v) is 14.7. The fourth-order valence-corrected chi connectivity index (χ4v) is 2.56. The minimum atomic E-state index is 0.148. The van der Waals surface area contributed by atoms with Crippen LogP contribution in [0.3, 0.4) is 0 Å². The first-order chi connectivity index (χ1) is 11.4. The third kappa shape index (κ3) is 3.42. The SMILES string of the molecule is Cc1ccc(Cl)cc1-c1nc(N)nc(N(C)c2ccc(Cl)cc2)n1. The molecule has 0 fully saturated rings. The maximum Gasteiger partial charge on any atom is 0.235 e. The minimum absolute atomic E-state index is 0.148. The van der Waals surface area contributed by atoms with Gasteiger partial charge in [-0.2, -0.15) is 15.0 Å². The molecule has 0 amide bonds. The van der Waals surface area contributed by atoms with Crippen molar-refractivity contribution in [2.24, 2.45) is 0 Å². The monoisotopic (exact) mass is 359 g/mol. The molecule has 2 N–H and O–H groups in total. The van der Waals surface area contributed by atoms with Crippen molar-refractivity contribution in [3.8, 4) is 11.4 Å². The largest absolute Gasteiger partial charge is 0.368 e. The summed E-state index contributed by atoms with van der Waals surface area (Å²) in [6.45, 7) is 1.97. The van der Waals surface area contributed by atoms with E-state index >= 15 is 0 Å². The summed E-state index contributed by atoms with van der Waals surface area (Å²) in [7, 11) is 1.85. The molecule has 5 nitrogen and oxygen atoms in total. The summed E-state index contributed by atoms with van der Waals surface area (Å²) in [6, 6.07) is 12.9. The van der Waals surface area contributed by atoms with Crippen molar-refractivity contribution in [1.82, 2.24) is 15.0 Å². The molecule has 24 heavy (non-hydrogen) atoms. The smallest absolute Gasteiger partial charge is 0.235 e. The lowest BCUT2D eigenvalue weighted by Crippen LogP contribution is -2.15. The number of aromatic nitrogens is 3. The first kappa shape index (κ1) is 16.5. The highest BCUT2D eigenvalue weighted by atomic mass is 35.5. The fraction of sp³-hybridized carbons (Fsp3) is 0.118. The number of nitrogens with two attached hydrogens (primary N) is 1. The number of hydrogen-bond donors (Lipinski definition) is 1. The predicted molar refractivity (Wildman–Crippen MR) is 98.9 cm³/mol. The summed E-state index contributed by atoms with van der Waals surface area (Å²) < 4.78 is 0. The highest BCUT2D eigenvalue weighted by molar-refractivity contribution is 6.31. The molecule has 3 rings (SSSR count). The Morgan fingerprint density at radius 2 is 1.58 bits per heavy atom. The van der Waals surface area contributed by atoms with E-state index in [1.54, 1.807) is 12.1 Å². The molecule has 0 saturated carbocycles. The lowest BCUT2D eigenvalue weighted by atomic mass is 10.1. The van der Waals surface area contributed by atoms with Crippen molar-refractivity contribution in [2.45, 2.75) is 6.92 Å². The Bertz CT molecular complexity index is 881. The van der Waals surface area contributed by atoms with Crippen LogP contribution in [0, 0.1) is 6.92 Å². The maximum absolute atomic E-state index is 6.09. The molecule has 0 atom stereocenters. The van der Waals surface area contributed by atoms with Crippen LogP contribution < -0.4 is 10.6 Å². The summed E-state index contributed by atoms with van der Waals surface area (Å²) in [5.74, 6) is 1.08. The predicted octanol–water partition coefficient (Wildman–Crippen LogP) is 4.50. The quantitative estimate of drug-likeness (QED) is 0.745. The zero-order chi connectivity index (χ0) is 17.3. The van der Waals surface area contributed by atoms with Crippen LogP contribution in [0.1, 0.15) is 5.56 Å². The Hall–Kier alpha value is -2.37. The van der Waals surface area contributed by atoms with Gasteiger partial charge in [0.25, 0.3) is 0 Å². The summed E-state index contributed by atoms with van der Waals surface area (Å²) in [4.78, 5) is 14.8. The Kier molecular flexibility index (Phi) is 4.55. The number of rotatable bonds is 3. The normalized spacial score (nSPS) is 10.7. The zero-order valence-electron chi connectivity index (χ0n) is 13.2. The summed E-state index contributed by atoms with van der Waals surface area (Å²) in [6.07, 6.45) is 0. The molecule has 122 valence electrons. The maximum atomic E-state index is 6.09. The number of nitrogens with zero attached hydrogens (tertiary/aromatic N) is 4. The number of nitrogen functional groups attached to an aromatic ring is 1. The number of hydrogen-bond acceptors (Lipinski definition) is 5. The fourth-order valence-electron chi connectivity index (χ4n) is 2.27. The molecular formula is C17H15Cl2N5. The number of aryl methyl sites for hydroxylation is 1. The van der Waals surface area contributed by atoms with Gasteiger partial charge < -0.3 is 10.6 Å². The number of anilines is 3. The van der Waals surface area contributed by atoms with E-state index < -0.39 is 0 Å². The molecular weight excluding hydrogens is 345 g/mol. The molecule has 0 spiro atoms. The van der Waals surface area contributed by atoms with Gasteiger partial charge in [0.2, 0.25) is 11.9 Å². The Morgan fingerprint density at radius 3 is 2.29 bits per heavy atom. The molecule has 0 aliphatic heterocycles. The minimum Gasteiger partial charge on any atom is -0.368 e. The van der Waals surface area contributed by atoms with Crippen LogP contribution in [0.25, 0.3) is 11.4 Å². The van der Waals surface area contributed by atoms with Gasteiger partial charge in [-0.1, -0.05) is 29.3 Å². The van der Waals surface area contributed by atoms with E-state index in [1.165, 1.54) is 0 Å². The first-order valence-corrected chi connectivity index (χ1v) is 7.97. The van der Waals surface area contributed by atoms with Gasteiger partial charge in [-0.3, -0.25) is 0 Å². The van der Waals surface area contributed by atoms with E-state index in [1.807, 2.05) is 49.2 Å². The van der Waals surface area contributed by atoms with Crippen LogP contribution in [0.15, 0.2) is 42.5 Å². The molecule has 0 radical (unpaired) electrons. The average Bonchev–Trinajstić information content (AvgIpc) is 2.56. The van der Waals surface area contributed by atoms with Crippen molar-refractivity contribution in [3.63, 3.8) is 0 Å². The van der Waals surface area contributed by atoms with Crippen molar-refractivity contribution in [2.75, 3.05) is 17.7 Å². The summed E-state index contributed by atoms with van der Waals surface area (Å²) in [5, 5.41) is 1.28. The van der Waals surface area contributed by atoms with E-state index in [-0.39, 0.29) is 5.95 Å². The van der Waals surface area contributed by atoms with E-state index in [0.717, 1.165) is 16.8 Å². The molecule has 0 unspecified atom stereocenters. The topological polar surface area (TPSA) is 67.9 Å². The van der Waals surface area contributed by atoms with Gasteiger partial charge >= 0.3 is 0 Å². The van der Waals surface area contributed by atoms with Crippen molar-refractivity contribution >= 4 is 40.8 Å². The standard InChI is InChI=1S/C17H15Cl2N5/c1-10-3-4-12(19)9-14(10)15-21-16(20)23-17(22-15)24(2)13-7-5-11(18)6-8-13/h3-9H,1-2H3,(H2,20,21,22,23). The molecule has 2 aromatic carbocycles. The van der Waals surface area contributed by atoms with Crippen LogP contribution in [-0.2, 0) is 0 Å². The van der Waals surface area contributed by atoms with Gasteiger partial charge in [0.1, 0.15) is 0 Å². The van der Waals surface area contributed by atoms with Gasteiger partial charge in [-0.15, -0.1) is 0 Å². The summed E-state index contributed by atoms with van der Waals surface area (Å²) >= 11 is 12.0. The third-order valence-electron chi connectivity index (χ3n) is 3.60. The number of benzene rings is 2. The van der Waals surface area contributed by atoms with Gasteiger partial charge in [-0.25, -0.2) is 0 Å². The van der Waals surface area contributed by atoms with Gasteiger partial charge in [0.15, 0.2) is 5.82 Å². The second kappa shape index (κ2) is 6.63. The van der Waals surface area contributed by atoms with Crippen molar-refractivity contribution in [1.29, 1.82) is 0 Å². The molecule has 1 aromatic heterocycles. The Labute approximate surface area is 150 Å². The highest BCUT2D eigenvalue weighted by Crippen LogP contribution is 2.27. The second-order valence-electron chi connectivity index (χ2n) is 5.31. The van der Waals surface area contributed by atoms with Crippen LogP contribution >= 0.6 is 23.2 Å². The van der Waals surface area contributed by atoms with Crippen LogP contribution in [-0.4, -0.2) is 22.0 Å². The Balaban J connectivity index is 2.06. The second-order valence-corrected chi connectivity index (χ2v) is 6.18. The summed E-state index contributed by atoms with van der Waals surface area (Å²) in [5.41, 5.74) is 8.60. The van der Waals surface area contributed by atoms with Crippen molar-refractivity contribution < 1.29 is 0 Å². The van der Waals surface area contributed by atoms with Crippen molar-refractivity contribution in [3.05, 3.63) is 58.1 Å². The molecule has 0 bridgehead atoms. The number of halogens is 2. The van der Waals surface area contributed by atoms with E-state index in [2.05, 4.69) is 15.0 Å². The Morgan fingerprint density at radius 1 is 0.917 bits per heavy atom. The van der Waals surface area contributed by atoms with Crippen LogP contribution in [0.4, 0.5) is 17.6 Å². The van der Waals surface area contributed by atoms with E-state index in [0.29, 0.717) is 21.8 Å². The molecule has 0 aliphatic carbocycles.